The van der Waals surface area contributed by atoms with Crippen molar-refractivity contribution in [3.05, 3.63) is 65.2 Å². The Morgan fingerprint density at radius 2 is 1.70 bits per heavy atom. The largest absolute Gasteiger partial charge is 0.319 e. The quantitative estimate of drug-likeness (QED) is 0.865. The molecular formula is C17H17NO2. The average Bonchev–Trinajstić information content (AvgIpc) is 2.43. The maximum absolute atomic E-state index is 11.9. The van der Waals surface area contributed by atoms with Gasteiger partial charge in [-0.2, -0.15) is 0 Å². The smallest absolute Gasteiger partial charge is 0.292 e. The molecule has 0 aliphatic heterocycles. The van der Waals surface area contributed by atoms with Crippen LogP contribution in [0.25, 0.3) is 0 Å². The molecule has 0 unspecified atom stereocenters. The number of ketones is 1. The molecule has 0 saturated carbocycles. The molecule has 3 heteroatoms. The molecule has 2 aromatic carbocycles. The third kappa shape index (κ3) is 3.54. The van der Waals surface area contributed by atoms with E-state index >= 15 is 0 Å². The van der Waals surface area contributed by atoms with Crippen LogP contribution in [0.2, 0.25) is 0 Å². The van der Waals surface area contributed by atoms with Crippen LogP contribution in [0, 0.1) is 13.8 Å². The standard InChI is InChI=1S/C17H17NO2/c1-12-8-9-15(13(2)10-12)18-17(20)16(19)11-14-6-4-3-5-7-14/h3-10H,11H2,1-2H3,(H,18,20). The summed E-state index contributed by atoms with van der Waals surface area (Å²) >= 11 is 0. The van der Waals surface area contributed by atoms with Gasteiger partial charge in [-0.3, -0.25) is 9.59 Å². The zero-order chi connectivity index (χ0) is 14.5. The van der Waals surface area contributed by atoms with E-state index in [2.05, 4.69) is 5.32 Å². The first-order valence-corrected chi connectivity index (χ1v) is 6.51. The van der Waals surface area contributed by atoms with Crippen LogP contribution < -0.4 is 5.32 Å². The van der Waals surface area contributed by atoms with Crippen molar-refractivity contribution >= 4 is 17.4 Å². The predicted octanol–water partition coefficient (Wildman–Crippen LogP) is 3.05. The minimum atomic E-state index is -0.569. The van der Waals surface area contributed by atoms with Crippen LogP contribution in [0.3, 0.4) is 0 Å². The minimum Gasteiger partial charge on any atom is -0.319 e. The van der Waals surface area contributed by atoms with E-state index in [1.54, 1.807) is 0 Å². The number of hydrogen-bond acceptors (Lipinski definition) is 2. The summed E-state index contributed by atoms with van der Waals surface area (Å²) in [4.78, 5) is 23.8. The van der Waals surface area contributed by atoms with E-state index in [0.717, 1.165) is 16.7 Å². The number of anilines is 1. The highest BCUT2D eigenvalue weighted by Gasteiger charge is 2.15. The van der Waals surface area contributed by atoms with Gasteiger partial charge in [-0.05, 0) is 31.0 Å². The molecule has 1 amide bonds. The molecule has 0 fully saturated rings. The second kappa shape index (κ2) is 6.15. The van der Waals surface area contributed by atoms with E-state index in [9.17, 15) is 9.59 Å². The topological polar surface area (TPSA) is 46.2 Å². The lowest BCUT2D eigenvalue weighted by atomic mass is 10.1. The molecule has 0 bridgehead atoms. The molecule has 0 aliphatic carbocycles. The van der Waals surface area contributed by atoms with Gasteiger partial charge in [0.05, 0.1) is 0 Å². The third-order valence-electron chi connectivity index (χ3n) is 3.09. The monoisotopic (exact) mass is 267 g/mol. The van der Waals surface area contributed by atoms with Crippen molar-refractivity contribution in [2.45, 2.75) is 20.3 Å². The van der Waals surface area contributed by atoms with Crippen LogP contribution in [-0.2, 0) is 16.0 Å². The molecule has 20 heavy (non-hydrogen) atoms. The number of aryl methyl sites for hydroxylation is 2. The van der Waals surface area contributed by atoms with Crippen molar-refractivity contribution in [1.82, 2.24) is 0 Å². The lowest BCUT2D eigenvalue weighted by molar-refractivity contribution is -0.134. The van der Waals surface area contributed by atoms with Crippen LogP contribution in [0.15, 0.2) is 48.5 Å². The first-order valence-electron chi connectivity index (χ1n) is 6.51. The van der Waals surface area contributed by atoms with Gasteiger partial charge >= 0.3 is 0 Å². The molecule has 1 N–H and O–H groups in total. The zero-order valence-electron chi connectivity index (χ0n) is 11.6. The van der Waals surface area contributed by atoms with Gasteiger partial charge < -0.3 is 5.32 Å². The van der Waals surface area contributed by atoms with Gasteiger partial charge in [0.1, 0.15) is 0 Å². The molecule has 0 saturated heterocycles. The lowest BCUT2D eigenvalue weighted by Gasteiger charge is -2.08. The van der Waals surface area contributed by atoms with Gasteiger partial charge in [0.2, 0.25) is 5.78 Å². The zero-order valence-corrected chi connectivity index (χ0v) is 11.6. The molecule has 0 heterocycles. The van der Waals surface area contributed by atoms with Gasteiger partial charge in [-0.25, -0.2) is 0 Å². The summed E-state index contributed by atoms with van der Waals surface area (Å²) in [7, 11) is 0. The normalized spacial score (nSPS) is 10.1. The Balaban J connectivity index is 2.03. The summed E-state index contributed by atoms with van der Waals surface area (Å²) < 4.78 is 0. The van der Waals surface area contributed by atoms with E-state index in [4.69, 9.17) is 0 Å². The summed E-state index contributed by atoms with van der Waals surface area (Å²) in [6.45, 7) is 3.89. The summed E-state index contributed by atoms with van der Waals surface area (Å²) in [6, 6.07) is 14.9. The number of nitrogens with one attached hydrogen (secondary N) is 1. The average molecular weight is 267 g/mol. The molecule has 2 rings (SSSR count). The Bertz CT molecular complexity index is 633. The third-order valence-corrected chi connectivity index (χ3v) is 3.09. The Morgan fingerprint density at radius 1 is 1.00 bits per heavy atom. The van der Waals surface area contributed by atoms with E-state index in [1.807, 2.05) is 62.4 Å². The Morgan fingerprint density at radius 3 is 2.35 bits per heavy atom. The van der Waals surface area contributed by atoms with Crippen molar-refractivity contribution in [3.63, 3.8) is 0 Å². The van der Waals surface area contributed by atoms with Gasteiger partial charge in [0, 0.05) is 12.1 Å². The fourth-order valence-corrected chi connectivity index (χ4v) is 2.01. The summed E-state index contributed by atoms with van der Waals surface area (Å²) in [6.07, 6.45) is 0.123. The molecule has 0 atom stereocenters. The second-order valence-electron chi connectivity index (χ2n) is 4.86. The SMILES string of the molecule is Cc1ccc(NC(=O)C(=O)Cc2ccccc2)c(C)c1. The highest BCUT2D eigenvalue weighted by molar-refractivity contribution is 6.41. The van der Waals surface area contributed by atoms with Gasteiger partial charge in [-0.1, -0.05) is 48.0 Å². The number of amides is 1. The number of Topliss-reactive ketones (excluding diaryl/α,β-unsaturated/α-hetero) is 1. The van der Waals surface area contributed by atoms with Crippen LogP contribution in [0.4, 0.5) is 5.69 Å². The fraction of sp³-hybridized carbons (Fsp3) is 0.176. The molecular weight excluding hydrogens is 250 g/mol. The fourth-order valence-electron chi connectivity index (χ4n) is 2.01. The molecule has 3 nitrogen and oxygen atoms in total. The van der Waals surface area contributed by atoms with Crippen LogP contribution in [0.5, 0.6) is 0 Å². The summed E-state index contributed by atoms with van der Waals surface area (Å²) in [5, 5.41) is 2.67. The van der Waals surface area contributed by atoms with E-state index in [-0.39, 0.29) is 6.42 Å². The number of hydrogen-bond donors (Lipinski definition) is 1. The van der Waals surface area contributed by atoms with Crippen molar-refractivity contribution in [2.24, 2.45) is 0 Å². The number of benzene rings is 2. The molecule has 102 valence electrons. The highest BCUT2D eigenvalue weighted by Crippen LogP contribution is 2.16. The van der Waals surface area contributed by atoms with Gasteiger partial charge in [0.15, 0.2) is 0 Å². The van der Waals surface area contributed by atoms with Gasteiger partial charge in [-0.15, -0.1) is 0 Å². The summed E-state index contributed by atoms with van der Waals surface area (Å²) in [5.41, 5.74) is 3.59. The van der Waals surface area contributed by atoms with Crippen molar-refractivity contribution < 1.29 is 9.59 Å². The van der Waals surface area contributed by atoms with Crippen molar-refractivity contribution in [1.29, 1.82) is 0 Å². The maximum atomic E-state index is 11.9. The maximum Gasteiger partial charge on any atom is 0.292 e. The number of carbonyl (C=O) groups is 2. The van der Waals surface area contributed by atoms with E-state index < -0.39 is 11.7 Å². The minimum absolute atomic E-state index is 0.123. The van der Waals surface area contributed by atoms with Crippen LogP contribution in [0.1, 0.15) is 16.7 Å². The highest BCUT2D eigenvalue weighted by atomic mass is 16.2. The van der Waals surface area contributed by atoms with Gasteiger partial charge in [0.25, 0.3) is 5.91 Å². The first-order chi connectivity index (χ1) is 9.56. The van der Waals surface area contributed by atoms with Crippen LogP contribution in [-0.4, -0.2) is 11.7 Å². The number of carbonyl (C=O) groups excluding carboxylic acids is 2. The number of rotatable bonds is 4. The molecule has 0 radical (unpaired) electrons. The van der Waals surface area contributed by atoms with E-state index in [1.165, 1.54) is 0 Å². The predicted molar refractivity (Wildman–Crippen MR) is 79.7 cm³/mol. The Hall–Kier alpha value is -2.42. The van der Waals surface area contributed by atoms with Crippen molar-refractivity contribution in [2.75, 3.05) is 5.32 Å². The van der Waals surface area contributed by atoms with Crippen LogP contribution >= 0.6 is 0 Å². The molecule has 0 aliphatic rings. The lowest BCUT2D eigenvalue weighted by Crippen LogP contribution is -2.24. The molecule has 0 spiro atoms. The first kappa shape index (κ1) is 14.0. The Kier molecular flexibility index (Phi) is 4.31. The van der Waals surface area contributed by atoms with Crippen molar-refractivity contribution in [3.8, 4) is 0 Å². The molecule has 0 aromatic heterocycles. The molecule has 2 aromatic rings. The summed E-state index contributed by atoms with van der Waals surface area (Å²) in [5.74, 6) is -1.00. The Labute approximate surface area is 118 Å². The second-order valence-corrected chi connectivity index (χ2v) is 4.86. The van der Waals surface area contributed by atoms with E-state index in [0.29, 0.717) is 5.69 Å².